The average molecular weight is 429 g/mol. The summed E-state index contributed by atoms with van der Waals surface area (Å²) in [5.41, 5.74) is 3.18. The minimum atomic E-state index is -0.574. The van der Waals surface area contributed by atoms with Crippen molar-refractivity contribution in [2.24, 2.45) is 4.99 Å². The monoisotopic (exact) mass is 428 g/mol. The highest BCUT2D eigenvalue weighted by molar-refractivity contribution is 7.17. The summed E-state index contributed by atoms with van der Waals surface area (Å²) < 4.78 is 6.65. The van der Waals surface area contributed by atoms with Crippen LogP contribution in [0.4, 0.5) is 0 Å². The summed E-state index contributed by atoms with van der Waals surface area (Å²) in [5, 5.41) is 9.63. The fraction of sp³-hybridized carbons (Fsp3) is 0.250. The quantitative estimate of drug-likeness (QED) is 0.464. The largest absolute Gasteiger partial charge is 0.469 e. The van der Waals surface area contributed by atoms with Gasteiger partial charge in [-0.2, -0.15) is 0 Å². The molecular formula is C20H17ClN4O3S. The van der Waals surface area contributed by atoms with Gasteiger partial charge in [-0.05, 0) is 31.5 Å². The van der Waals surface area contributed by atoms with Gasteiger partial charge in [0, 0.05) is 16.1 Å². The van der Waals surface area contributed by atoms with E-state index >= 15 is 0 Å². The van der Waals surface area contributed by atoms with Crippen molar-refractivity contribution in [3.63, 3.8) is 0 Å². The van der Waals surface area contributed by atoms with Gasteiger partial charge in [-0.1, -0.05) is 23.7 Å². The Morgan fingerprint density at radius 1 is 1.28 bits per heavy atom. The predicted octanol–water partition coefficient (Wildman–Crippen LogP) is 3.95. The number of carbonyl (C=O) groups is 2. The molecule has 0 aliphatic carbocycles. The summed E-state index contributed by atoms with van der Waals surface area (Å²) in [7, 11) is 1.34. The van der Waals surface area contributed by atoms with Crippen molar-refractivity contribution in [2.75, 3.05) is 7.11 Å². The van der Waals surface area contributed by atoms with Crippen LogP contribution in [0.25, 0.3) is 5.00 Å². The van der Waals surface area contributed by atoms with E-state index in [1.54, 1.807) is 30.0 Å². The summed E-state index contributed by atoms with van der Waals surface area (Å²) in [6.45, 7) is 3.45. The van der Waals surface area contributed by atoms with E-state index in [1.807, 2.05) is 19.1 Å². The van der Waals surface area contributed by atoms with Crippen LogP contribution in [0.5, 0.6) is 0 Å². The lowest BCUT2D eigenvalue weighted by Gasteiger charge is -2.11. The van der Waals surface area contributed by atoms with Crippen molar-refractivity contribution < 1.29 is 14.3 Å². The molecule has 0 saturated heterocycles. The Morgan fingerprint density at radius 2 is 2.00 bits per heavy atom. The van der Waals surface area contributed by atoms with Crippen LogP contribution < -0.4 is 0 Å². The minimum Gasteiger partial charge on any atom is -0.469 e. The van der Waals surface area contributed by atoms with Crippen LogP contribution in [-0.2, 0) is 9.53 Å². The number of aliphatic imine (C=N–C) groups is 1. The van der Waals surface area contributed by atoms with Crippen LogP contribution in [0.1, 0.15) is 51.6 Å². The van der Waals surface area contributed by atoms with E-state index in [0.29, 0.717) is 21.4 Å². The molecule has 148 valence electrons. The average Bonchev–Trinajstić information content (AvgIpc) is 3.27. The van der Waals surface area contributed by atoms with E-state index in [1.165, 1.54) is 18.4 Å². The zero-order valence-electron chi connectivity index (χ0n) is 16.0. The standard InChI is InChI=1S/C20H17ClN4O3S/c1-10-16-17(12-4-6-13(21)7-5-12)23-14(8-15(27)28-3)19-24-22-9-25(19)20(16)29-18(10)11(2)26/h4-7,9,14H,8H2,1-3H3/t14-/m0/s1. The van der Waals surface area contributed by atoms with E-state index < -0.39 is 12.0 Å². The van der Waals surface area contributed by atoms with Gasteiger partial charge in [0.05, 0.1) is 24.1 Å². The first-order valence-corrected chi connectivity index (χ1v) is 10.1. The van der Waals surface area contributed by atoms with E-state index in [-0.39, 0.29) is 12.2 Å². The molecule has 4 rings (SSSR count). The number of carbonyl (C=O) groups excluding carboxylic acids is 2. The smallest absolute Gasteiger partial charge is 0.308 e. The van der Waals surface area contributed by atoms with Crippen molar-refractivity contribution in [1.82, 2.24) is 14.8 Å². The van der Waals surface area contributed by atoms with Crippen LogP contribution in [-0.4, -0.2) is 39.3 Å². The highest BCUT2D eigenvalue weighted by atomic mass is 35.5. The van der Waals surface area contributed by atoms with Gasteiger partial charge in [-0.25, -0.2) is 0 Å². The van der Waals surface area contributed by atoms with Gasteiger partial charge in [0.2, 0.25) is 0 Å². The highest BCUT2D eigenvalue weighted by Crippen LogP contribution is 2.39. The molecule has 0 N–H and O–H groups in total. The maximum absolute atomic E-state index is 12.2. The molecular weight excluding hydrogens is 412 g/mol. The molecule has 7 nitrogen and oxygen atoms in total. The number of esters is 1. The lowest BCUT2D eigenvalue weighted by atomic mass is 9.99. The highest BCUT2D eigenvalue weighted by Gasteiger charge is 2.32. The van der Waals surface area contributed by atoms with E-state index in [2.05, 4.69) is 10.2 Å². The summed E-state index contributed by atoms with van der Waals surface area (Å²) >= 11 is 7.44. The van der Waals surface area contributed by atoms with Gasteiger partial charge in [-0.15, -0.1) is 21.5 Å². The number of thiophene rings is 1. The number of ether oxygens (including phenoxy) is 1. The number of methoxy groups -OCH3 is 1. The van der Waals surface area contributed by atoms with Gasteiger partial charge < -0.3 is 4.74 Å². The fourth-order valence-corrected chi connectivity index (χ4v) is 4.70. The molecule has 0 amide bonds. The number of benzene rings is 1. The summed E-state index contributed by atoms with van der Waals surface area (Å²) in [6.07, 6.45) is 1.61. The first kappa shape index (κ1) is 19.5. The van der Waals surface area contributed by atoms with Gasteiger partial charge in [0.15, 0.2) is 11.6 Å². The number of nitrogens with zero attached hydrogens (tertiary/aromatic N) is 4. The second kappa shape index (κ2) is 7.53. The van der Waals surface area contributed by atoms with Crippen LogP contribution in [0, 0.1) is 6.92 Å². The minimum absolute atomic E-state index is 0.0169. The van der Waals surface area contributed by atoms with Crippen LogP contribution in [0.2, 0.25) is 5.02 Å². The maximum Gasteiger partial charge on any atom is 0.308 e. The number of ketones is 1. The van der Waals surface area contributed by atoms with Crippen LogP contribution >= 0.6 is 22.9 Å². The molecule has 0 radical (unpaired) electrons. The molecule has 0 unspecified atom stereocenters. The van der Waals surface area contributed by atoms with Gasteiger partial charge in [0.25, 0.3) is 0 Å². The van der Waals surface area contributed by atoms with Crippen molar-refractivity contribution in [1.29, 1.82) is 0 Å². The molecule has 3 heterocycles. The number of hydrogen-bond donors (Lipinski definition) is 0. The first-order valence-electron chi connectivity index (χ1n) is 8.86. The van der Waals surface area contributed by atoms with Crippen LogP contribution in [0.15, 0.2) is 35.6 Å². The second-order valence-corrected chi connectivity index (χ2v) is 8.07. The third-order valence-electron chi connectivity index (χ3n) is 4.77. The number of aromatic nitrogens is 3. The Bertz CT molecular complexity index is 1150. The number of Topliss-reactive ketones (excluding diaryl/α,β-unsaturated/α-hetero) is 1. The Hall–Kier alpha value is -2.84. The maximum atomic E-state index is 12.2. The lowest BCUT2D eigenvalue weighted by molar-refractivity contribution is -0.141. The zero-order valence-corrected chi connectivity index (χ0v) is 17.5. The number of hydrogen-bond acceptors (Lipinski definition) is 7. The van der Waals surface area contributed by atoms with Crippen LogP contribution in [0.3, 0.4) is 0 Å². The molecule has 2 aromatic heterocycles. The predicted molar refractivity (Wildman–Crippen MR) is 110 cm³/mol. The molecule has 1 aliphatic rings. The van der Waals surface area contributed by atoms with Gasteiger partial charge >= 0.3 is 5.97 Å². The summed E-state index contributed by atoms with van der Waals surface area (Å²) in [5.74, 6) is 0.115. The Morgan fingerprint density at radius 3 is 2.66 bits per heavy atom. The number of fused-ring (bicyclic) bond motifs is 3. The third-order valence-corrected chi connectivity index (χ3v) is 6.41. The molecule has 0 spiro atoms. The molecule has 9 heteroatoms. The number of halogens is 1. The second-order valence-electron chi connectivity index (χ2n) is 6.63. The van der Waals surface area contributed by atoms with Crippen molar-refractivity contribution in [3.8, 4) is 5.00 Å². The van der Waals surface area contributed by atoms with E-state index in [9.17, 15) is 9.59 Å². The fourth-order valence-electron chi connectivity index (χ4n) is 3.39. The normalized spacial score (nSPS) is 15.2. The molecule has 0 fully saturated rings. The molecule has 0 bridgehead atoms. The Kier molecular flexibility index (Phi) is 5.06. The SMILES string of the molecule is COC(=O)C[C@@H]1N=C(c2ccc(Cl)cc2)c2c(sc(C(C)=O)c2C)-n2cnnc21. The van der Waals surface area contributed by atoms with Crippen molar-refractivity contribution in [2.45, 2.75) is 26.3 Å². The summed E-state index contributed by atoms with van der Waals surface area (Å²) in [4.78, 5) is 29.8. The molecule has 29 heavy (non-hydrogen) atoms. The van der Waals surface area contributed by atoms with Crippen molar-refractivity contribution in [3.05, 3.63) is 63.0 Å². The first-order chi connectivity index (χ1) is 13.9. The van der Waals surface area contributed by atoms with Gasteiger partial charge in [-0.3, -0.25) is 19.1 Å². The van der Waals surface area contributed by atoms with E-state index in [0.717, 1.165) is 21.7 Å². The molecule has 1 aliphatic heterocycles. The topological polar surface area (TPSA) is 86.4 Å². The number of rotatable bonds is 4. The molecule has 0 saturated carbocycles. The summed E-state index contributed by atoms with van der Waals surface area (Å²) in [6, 6.07) is 6.74. The Labute approximate surface area is 176 Å². The third kappa shape index (κ3) is 3.38. The van der Waals surface area contributed by atoms with Gasteiger partial charge in [0.1, 0.15) is 17.4 Å². The Balaban J connectivity index is 2.00. The molecule has 3 aromatic rings. The lowest BCUT2D eigenvalue weighted by Crippen LogP contribution is -2.12. The van der Waals surface area contributed by atoms with Crippen molar-refractivity contribution >= 4 is 40.4 Å². The zero-order chi connectivity index (χ0) is 20.7. The molecule has 1 aromatic carbocycles. The van der Waals surface area contributed by atoms with E-state index in [4.69, 9.17) is 21.3 Å². The molecule has 1 atom stereocenters.